The fourth-order valence-electron chi connectivity index (χ4n) is 1.30. The molecular formula is C11H6N2O2S. The number of nitriles is 1. The fourth-order valence-corrected chi connectivity index (χ4v) is 2.04. The number of aromatic carboxylic acids is 1. The van der Waals surface area contributed by atoms with Crippen LogP contribution in [0.4, 0.5) is 0 Å². The van der Waals surface area contributed by atoms with Crippen molar-refractivity contribution in [3.63, 3.8) is 0 Å². The number of rotatable bonds is 2. The van der Waals surface area contributed by atoms with E-state index < -0.39 is 5.97 Å². The molecule has 0 atom stereocenters. The van der Waals surface area contributed by atoms with Gasteiger partial charge in [-0.25, -0.2) is 4.79 Å². The zero-order valence-electron chi connectivity index (χ0n) is 8.04. The normalized spacial score (nSPS) is 9.69. The highest BCUT2D eigenvalue weighted by molar-refractivity contribution is 7.10. The molecule has 0 bridgehead atoms. The Morgan fingerprint density at radius 1 is 1.38 bits per heavy atom. The largest absolute Gasteiger partial charge is 0.478 e. The van der Waals surface area contributed by atoms with E-state index in [0.717, 1.165) is 17.1 Å². The van der Waals surface area contributed by atoms with E-state index in [1.165, 1.54) is 6.20 Å². The van der Waals surface area contributed by atoms with Gasteiger partial charge in [0.25, 0.3) is 0 Å². The summed E-state index contributed by atoms with van der Waals surface area (Å²) in [4.78, 5) is 11.5. The van der Waals surface area contributed by atoms with Crippen LogP contribution in [-0.2, 0) is 0 Å². The third-order valence-corrected chi connectivity index (χ3v) is 2.93. The van der Waals surface area contributed by atoms with Crippen LogP contribution >= 0.6 is 11.5 Å². The minimum Gasteiger partial charge on any atom is -0.478 e. The van der Waals surface area contributed by atoms with E-state index in [0.29, 0.717) is 10.4 Å². The van der Waals surface area contributed by atoms with Crippen molar-refractivity contribution in [2.75, 3.05) is 0 Å². The van der Waals surface area contributed by atoms with Gasteiger partial charge >= 0.3 is 5.97 Å². The Morgan fingerprint density at radius 2 is 2.06 bits per heavy atom. The lowest BCUT2D eigenvalue weighted by atomic mass is 10.1. The van der Waals surface area contributed by atoms with Crippen LogP contribution in [0.15, 0.2) is 30.5 Å². The van der Waals surface area contributed by atoms with Crippen molar-refractivity contribution >= 4 is 17.5 Å². The number of benzene rings is 1. The third kappa shape index (κ3) is 1.78. The summed E-state index contributed by atoms with van der Waals surface area (Å²) in [5, 5.41) is 17.6. The molecule has 0 amide bonds. The van der Waals surface area contributed by atoms with Crippen LogP contribution in [0.1, 0.15) is 15.9 Å². The molecular weight excluding hydrogens is 224 g/mol. The topological polar surface area (TPSA) is 74.0 Å². The standard InChI is InChI=1S/C11H6N2O2S/c12-5-7-1-3-8(4-2-7)10-9(11(14)15)6-13-16-10/h1-4,6H,(H,14,15). The predicted octanol–water partition coefficient (Wildman–Crippen LogP) is 2.38. The lowest BCUT2D eigenvalue weighted by Crippen LogP contribution is -1.95. The minimum atomic E-state index is -0.992. The van der Waals surface area contributed by atoms with E-state index in [1.54, 1.807) is 24.3 Å². The maximum Gasteiger partial charge on any atom is 0.338 e. The number of hydrogen-bond donors (Lipinski definition) is 1. The van der Waals surface area contributed by atoms with Crippen molar-refractivity contribution in [3.8, 4) is 16.5 Å². The van der Waals surface area contributed by atoms with Crippen LogP contribution in [0.5, 0.6) is 0 Å². The molecule has 0 fully saturated rings. The van der Waals surface area contributed by atoms with Crippen LogP contribution in [0, 0.1) is 11.3 Å². The second-order valence-corrected chi connectivity index (χ2v) is 3.86. The van der Waals surface area contributed by atoms with Crippen molar-refractivity contribution in [2.45, 2.75) is 0 Å². The van der Waals surface area contributed by atoms with Crippen molar-refractivity contribution in [2.24, 2.45) is 0 Å². The summed E-state index contributed by atoms with van der Waals surface area (Å²) in [5.74, 6) is -0.992. The zero-order valence-corrected chi connectivity index (χ0v) is 8.86. The number of hydrogen-bond acceptors (Lipinski definition) is 4. The third-order valence-electron chi connectivity index (χ3n) is 2.08. The molecule has 1 aromatic heterocycles. The van der Waals surface area contributed by atoms with E-state index in [9.17, 15) is 4.79 Å². The van der Waals surface area contributed by atoms with Gasteiger partial charge in [0.2, 0.25) is 0 Å². The van der Waals surface area contributed by atoms with Gasteiger partial charge in [-0.1, -0.05) is 12.1 Å². The highest BCUT2D eigenvalue weighted by Gasteiger charge is 2.14. The maximum absolute atomic E-state index is 10.9. The summed E-state index contributed by atoms with van der Waals surface area (Å²) >= 11 is 1.13. The molecule has 5 heteroatoms. The molecule has 0 saturated heterocycles. The average molecular weight is 230 g/mol. The Bertz CT molecular complexity index is 566. The Labute approximate surface area is 95.6 Å². The molecule has 1 N–H and O–H groups in total. The van der Waals surface area contributed by atoms with Crippen molar-refractivity contribution in [3.05, 3.63) is 41.6 Å². The van der Waals surface area contributed by atoms with Gasteiger partial charge in [-0.15, -0.1) is 0 Å². The van der Waals surface area contributed by atoms with E-state index in [-0.39, 0.29) is 5.56 Å². The van der Waals surface area contributed by atoms with Crippen molar-refractivity contribution in [1.29, 1.82) is 5.26 Å². The molecule has 0 aliphatic rings. The maximum atomic E-state index is 10.9. The van der Waals surface area contributed by atoms with Crippen LogP contribution in [0.3, 0.4) is 0 Å². The Morgan fingerprint density at radius 3 is 2.62 bits per heavy atom. The number of nitrogens with zero attached hydrogens (tertiary/aromatic N) is 2. The first kappa shape index (κ1) is 10.3. The number of carbonyl (C=O) groups is 1. The molecule has 0 spiro atoms. The van der Waals surface area contributed by atoms with Gasteiger partial charge in [0.15, 0.2) is 0 Å². The van der Waals surface area contributed by atoms with E-state index in [4.69, 9.17) is 10.4 Å². The van der Waals surface area contributed by atoms with Crippen LogP contribution in [0.25, 0.3) is 10.4 Å². The second kappa shape index (κ2) is 4.13. The molecule has 0 unspecified atom stereocenters. The summed E-state index contributed by atoms with van der Waals surface area (Å²) in [6.07, 6.45) is 1.33. The monoisotopic (exact) mass is 230 g/mol. The second-order valence-electron chi connectivity index (χ2n) is 3.06. The van der Waals surface area contributed by atoms with Crippen molar-refractivity contribution in [1.82, 2.24) is 4.37 Å². The van der Waals surface area contributed by atoms with Gasteiger partial charge in [-0.2, -0.15) is 9.64 Å². The smallest absolute Gasteiger partial charge is 0.338 e. The summed E-state index contributed by atoms with van der Waals surface area (Å²) in [5.41, 5.74) is 1.50. The zero-order chi connectivity index (χ0) is 11.5. The van der Waals surface area contributed by atoms with Gasteiger partial charge in [-0.05, 0) is 29.2 Å². The lowest BCUT2D eigenvalue weighted by Gasteiger charge is -1.98. The first-order valence-electron chi connectivity index (χ1n) is 4.41. The first-order valence-corrected chi connectivity index (χ1v) is 5.18. The van der Waals surface area contributed by atoms with E-state index in [2.05, 4.69) is 4.37 Å². The van der Waals surface area contributed by atoms with E-state index in [1.807, 2.05) is 6.07 Å². The van der Waals surface area contributed by atoms with Crippen LogP contribution in [-0.4, -0.2) is 15.4 Å². The van der Waals surface area contributed by atoms with E-state index >= 15 is 0 Å². The molecule has 2 rings (SSSR count). The van der Waals surface area contributed by atoms with Gasteiger partial charge < -0.3 is 5.11 Å². The highest BCUT2D eigenvalue weighted by atomic mass is 32.1. The highest BCUT2D eigenvalue weighted by Crippen LogP contribution is 2.27. The van der Waals surface area contributed by atoms with Crippen LogP contribution < -0.4 is 0 Å². The summed E-state index contributed by atoms with van der Waals surface area (Å²) in [7, 11) is 0. The SMILES string of the molecule is N#Cc1ccc(-c2sncc2C(=O)O)cc1. The van der Waals surface area contributed by atoms with Gasteiger partial charge in [0.1, 0.15) is 0 Å². The number of carboxylic acid groups (broad SMARTS) is 1. The summed E-state index contributed by atoms with van der Waals surface area (Å²) in [6, 6.07) is 8.76. The predicted molar refractivity (Wildman–Crippen MR) is 59.2 cm³/mol. The molecule has 1 aromatic carbocycles. The Hall–Kier alpha value is -2.19. The number of aromatic nitrogens is 1. The van der Waals surface area contributed by atoms with Crippen LogP contribution in [0.2, 0.25) is 0 Å². The molecule has 16 heavy (non-hydrogen) atoms. The van der Waals surface area contributed by atoms with Gasteiger partial charge in [-0.3, -0.25) is 0 Å². The molecule has 0 aliphatic heterocycles. The summed E-state index contributed by atoms with van der Waals surface area (Å²) < 4.78 is 3.86. The molecule has 0 radical (unpaired) electrons. The lowest BCUT2D eigenvalue weighted by molar-refractivity contribution is 0.0698. The van der Waals surface area contributed by atoms with Gasteiger partial charge in [0.05, 0.1) is 28.3 Å². The Balaban J connectivity index is 2.47. The minimum absolute atomic E-state index is 0.190. The molecule has 2 aromatic rings. The first-order chi connectivity index (χ1) is 7.72. The molecule has 4 nitrogen and oxygen atoms in total. The van der Waals surface area contributed by atoms with Gasteiger partial charge in [0, 0.05) is 0 Å². The number of carboxylic acids is 1. The molecule has 0 aliphatic carbocycles. The summed E-state index contributed by atoms with van der Waals surface area (Å²) in [6.45, 7) is 0. The quantitative estimate of drug-likeness (QED) is 0.859. The average Bonchev–Trinajstić information content (AvgIpc) is 2.78. The van der Waals surface area contributed by atoms with Crippen molar-refractivity contribution < 1.29 is 9.90 Å². The molecule has 78 valence electrons. The molecule has 1 heterocycles. The Kier molecular flexibility index (Phi) is 2.66. The fraction of sp³-hybridized carbons (Fsp3) is 0. The molecule has 0 saturated carbocycles.